The number of carboxylic acids is 1. The zero-order chi connectivity index (χ0) is 25.7. The summed E-state index contributed by atoms with van der Waals surface area (Å²) in [6, 6.07) is 13.8. The molecule has 0 saturated carbocycles. The number of carbonyl (C=O) groups excluding carboxylic acids is 1. The van der Waals surface area contributed by atoms with Gasteiger partial charge in [-0.25, -0.2) is 4.79 Å². The number of rotatable bonds is 8. The average molecular weight is 513 g/mol. The van der Waals surface area contributed by atoms with Crippen LogP contribution in [0.3, 0.4) is 0 Å². The maximum atomic E-state index is 12.6. The molecule has 2 amide bonds. The Bertz CT molecular complexity index is 1220. The van der Waals surface area contributed by atoms with Crippen LogP contribution in [0.1, 0.15) is 13.3 Å². The van der Waals surface area contributed by atoms with Crippen molar-refractivity contribution in [3.05, 3.63) is 59.8 Å². The number of anilines is 2. The first-order valence-electron chi connectivity index (χ1n) is 11.7. The van der Waals surface area contributed by atoms with Gasteiger partial charge in [-0.05, 0) is 55.0 Å². The Hall–Kier alpha value is -3.60. The monoisotopic (exact) mass is 512 g/mol. The molecule has 36 heavy (non-hydrogen) atoms. The second kappa shape index (κ2) is 11.4. The van der Waals surface area contributed by atoms with Crippen molar-refractivity contribution in [2.24, 2.45) is 7.05 Å². The van der Waals surface area contributed by atoms with Crippen LogP contribution in [-0.2, 0) is 11.8 Å². The highest BCUT2D eigenvalue weighted by Crippen LogP contribution is 2.33. The number of carboxylic acid groups (broad SMARTS) is 1. The molecule has 11 heteroatoms. The number of aromatic nitrogens is 2. The minimum atomic E-state index is -0.829. The third kappa shape index (κ3) is 6.34. The standard InChI is InChI=1S/C25H29ClN6O4/c1-3-20-15-32(13-12-31(20)16-24(33)34)36-23-9-8-19(14-21(23)22-10-11-27-30(22)2)29-25(35)28-18-6-4-17(26)5-7-18/h4-11,14,20H,3,12-13,15-16H2,1-2H3,(H,33,34)(H2,28,29,35). The lowest BCUT2D eigenvalue weighted by atomic mass is 10.1. The van der Waals surface area contributed by atoms with Gasteiger partial charge in [-0.1, -0.05) is 18.5 Å². The molecule has 3 aromatic rings. The summed E-state index contributed by atoms with van der Waals surface area (Å²) in [6.45, 7) is 3.80. The van der Waals surface area contributed by atoms with E-state index in [-0.39, 0.29) is 18.6 Å². The van der Waals surface area contributed by atoms with E-state index in [9.17, 15) is 14.7 Å². The highest BCUT2D eigenvalue weighted by Gasteiger charge is 2.29. The second-order valence-corrected chi connectivity index (χ2v) is 8.98. The molecule has 0 radical (unpaired) electrons. The first-order valence-corrected chi connectivity index (χ1v) is 12.0. The van der Waals surface area contributed by atoms with Gasteiger partial charge >= 0.3 is 12.0 Å². The number of nitrogens with one attached hydrogen (secondary N) is 2. The third-order valence-corrected chi connectivity index (χ3v) is 6.29. The van der Waals surface area contributed by atoms with Gasteiger partial charge in [0, 0.05) is 54.3 Å². The van der Waals surface area contributed by atoms with Crippen molar-refractivity contribution < 1.29 is 19.5 Å². The van der Waals surface area contributed by atoms with E-state index in [1.165, 1.54) is 0 Å². The minimum Gasteiger partial charge on any atom is -0.480 e. The summed E-state index contributed by atoms with van der Waals surface area (Å²) in [6.07, 6.45) is 2.51. The van der Waals surface area contributed by atoms with Gasteiger partial charge in [0.05, 0.1) is 18.8 Å². The number of piperazine rings is 1. The molecule has 0 spiro atoms. The molecule has 4 rings (SSSR count). The Morgan fingerprint density at radius 1 is 1.11 bits per heavy atom. The average Bonchev–Trinajstić information content (AvgIpc) is 3.27. The van der Waals surface area contributed by atoms with E-state index < -0.39 is 5.97 Å². The normalized spacial score (nSPS) is 16.5. The summed E-state index contributed by atoms with van der Waals surface area (Å²) < 4.78 is 1.74. The fourth-order valence-electron chi connectivity index (χ4n) is 4.21. The lowest BCUT2D eigenvalue weighted by Gasteiger charge is -2.39. The first-order chi connectivity index (χ1) is 17.3. The number of amides is 2. The predicted octanol–water partition coefficient (Wildman–Crippen LogP) is 4.16. The van der Waals surface area contributed by atoms with Gasteiger partial charge in [0.25, 0.3) is 0 Å². The van der Waals surface area contributed by atoms with E-state index >= 15 is 0 Å². The maximum Gasteiger partial charge on any atom is 0.323 e. The molecule has 2 aromatic carbocycles. The summed E-state index contributed by atoms with van der Waals surface area (Å²) in [5, 5.41) is 21.6. The molecule has 3 N–H and O–H groups in total. The summed E-state index contributed by atoms with van der Waals surface area (Å²) in [5.74, 6) is -0.215. The van der Waals surface area contributed by atoms with Crippen molar-refractivity contribution in [1.29, 1.82) is 0 Å². The molecule has 2 heterocycles. The largest absolute Gasteiger partial charge is 0.480 e. The molecule has 1 fully saturated rings. The molecule has 190 valence electrons. The topological polar surface area (TPSA) is 112 Å². The Kier molecular flexibility index (Phi) is 8.09. The van der Waals surface area contributed by atoms with Gasteiger partial charge in [-0.2, -0.15) is 5.10 Å². The smallest absolute Gasteiger partial charge is 0.323 e. The van der Waals surface area contributed by atoms with Crippen LogP contribution in [0.5, 0.6) is 5.75 Å². The number of benzene rings is 2. The fourth-order valence-corrected chi connectivity index (χ4v) is 4.33. The summed E-state index contributed by atoms with van der Waals surface area (Å²) in [5.41, 5.74) is 2.79. The van der Waals surface area contributed by atoms with Crippen molar-refractivity contribution >= 4 is 35.0 Å². The second-order valence-electron chi connectivity index (χ2n) is 8.54. The van der Waals surface area contributed by atoms with Crippen LogP contribution in [0.25, 0.3) is 11.3 Å². The summed E-state index contributed by atoms with van der Waals surface area (Å²) in [7, 11) is 1.84. The van der Waals surface area contributed by atoms with E-state index in [0.29, 0.717) is 41.8 Å². The zero-order valence-electron chi connectivity index (χ0n) is 20.1. The number of nitrogens with zero attached hydrogens (tertiary/aromatic N) is 4. The Balaban J connectivity index is 1.51. The van der Waals surface area contributed by atoms with Gasteiger partial charge < -0.3 is 20.6 Å². The van der Waals surface area contributed by atoms with Crippen LogP contribution < -0.4 is 15.5 Å². The number of urea groups is 1. The van der Waals surface area contributed by atoms with Crippen LogP contribution in [0.4, 0.5) is 16.2 Å². The Labute approximate surface area is 214 Å². The van der Waals surface area contributed by atoms with Gasteiger partial charge in [0.1, 0.15) is 0 Å². The Morgan fingerprint density at radius 3 is 2.50 bits per heavy atom. The first kappa shape index (κ1) is 25.5. The molecule has 1 saturated heterocycles. The van der Waals surface area contributed by atoms with Crippen molar-refractivity contribution in [2.45, 2.75) is 19.4 Å². The van der Waals surface area contributed by atoms with E-state index in [1.807, 2.05) is 42.1 Å². The minimum absolute atomic E-state index is 0.0189. The SMILES string of the molecule is CCC1CN(Oc2ccc(NC(=O)Nc3ccc(Cl)cc3)cc2-c2ccnn2C)CCN1CC(=O)O. The highest BCUT2D eigenvalue weighted by molar-refractivity contribution is 6.30. The third-order valence-electron chi connectivity index (χ3n) is 6.04. The Morgan fingerprint density at radius 2 is 1.83 bits per heavy atom. The van der Waals surface area contributed by atoms with Crippen LogP contribution >= 0.6 is 11.6 Å². The van der Waals surface area contributed by atoms with E-state index in [4.69, 9.17) is 16.4 Å². The van der Waals surface area contributed by atoms with Gasteiger partial charge in [-0.15, -0.1) is 5.06 Å². The van der Waals surface area contributed by atoms with Crippen LogP contribution in [0.15, 0.2) is 54.7 Å². The number of hydrogen-bond donors (Lipinski definition) is 3. The molecular formula is C25H29ClN6O4. The molecular weight excluding hydrogens is 484 g/mol. The maximum absolute atomic E-state index is 12.6. The molecule has 1 atom stereocenters. The van der Waals surface area contributed by atoms with Crippen LogP contribution in [-0.4, -0.2) is 69.1 Å². The predicted molar refractivity (Wildman–Crippen MR) is 138 cm³/mol. The highest BCUT2D eigenvalue weighted by atomic mass is 35.5. The van der Waals surface area contributed by atoms with E-state index in [2.05, 4.69) is 15.7 Å². The number of halogens is 1. The number of aliphatic carboxylic acids is 1. The molecule has 0 aliphatic carbocycles. The lowest BCUT2D eigenvalue weighted by molar-refractivity contribution is -0.144. The number of hydrogen-bond acceptors (Lipinski definition) is 6. The number of aryl methyl sites for hydroxylation is 1. The molecule has 1 aliphatic heterocycles. The van der Waals surface area contributed by atoms with Crippen molar-refractivity contribution in [1.82, 2.24) is 19.7 Å². The van der Waals surface area contributed by atoms with Gasteiger partial charge in [0.2, 0.25) is 0 Å². The number of hydroxylamine groups is 2. The number of carbonyl (C=O) groups is 2. The molecule has 10 nitrogen and oxygen atoms in total. The van der Waals surface area contributed by atoms with E-state index in [0.717, 1.165) is 17.7 Å². The zero-order valence-corrected chi connectivity index (χ0v) is 20.9. The van der Waals surface area contributed by atoms with Gasteiger partial charge in [0.15, 0.2) is 5.75 Å². The molecule has 1 unspecified atom stereocenters. The van der Waals surface area contributed by atoms with Crippen molar-refractivity contribution in [3.63, 3.8) is 0 Å². The molecule has 1 aliphatic rings. The quantitative estimate of drug-likeness (QED) is 0.415. The van der Waals surface area contributed by atoms with E-state index in [1.54, 1.807) is 41.2 Å². The van der Waals surface area contributed by atoms with Crippen LogP contribution in [0.2, 0.25) is 5.02 Å². The van der Waals surface area contributed by atoms with Crippen LogP contribution in [0, 0.1) is 0 Å². The molecule has 0 bridgehead atoms. The van der Waals surface area contributed by atoms with Crippen molar-refractivity contribution in [3.8, 4) is 17.0 Å². The lowest BCUT2D eigenvalue weighted by Crippen LogP contribution is -2.55. The summed E-state index contributed by atoms with van der Waals surface area (Å²) in [4.78, 5) is 32.0. The van der Waals surface area contributed by atoms with Gasteiger partial charge in [-0.3, -0.25) is 14.4 Å². The summed E-state index contributed by atoms with van der Waals surface area (Å²) >= 11 is 5.91. The molecule has 1 aromatic heterocycles. The fraction of sp³-hybridized carbons (Fsp3) is 0.320. The van der Waals surface area contributed by atoms with Crippen molar-refractivity contribution in [2.75, 3.05) is 36.8 Å².